The highest BCUT2D eigenvalue weighted by molar-refractivity contribution is 7.92. The fourth-order valence-electron chi connectivity index (χ4n) is 4.82. The summed E-state index contributed by atoms with van der Waals surface area (Å²) in [7, 11) is -0.0151. The van der Waals surface area contributed by atoms with Crippen LogP contribution in [0.3, 0.4) is 0 Å². The van der Waals surface area contributed by atoms with Crippen LogP contribution in [0, 0.1) is 11.6 Å². The van der Waals surface area contributed by atoms with Crippen LogP contribution in [-0.4, -0.2) is 54.4 Å². The Hall–Kier alpha value is -3.41. The average molecular weight is 573 g/mol. The maximum absolute atomic E-state index is 15.5. The number of nitrogens with one attached hydrogen (secondary N) is 2. The minimum atomic E-state index is -4.22. The van der Waals surface area contributed by atoms with E-state index < -0.39 is 27.3 Å². The maximum Gasteiger partial charge on any atom is 0.263 e. The Balaban J connectivity index is 1.38. The molecule has 0 saturated heterocycles. The van der Waals surface area contributed by atoms with E-state index >= 15 is 4.39 Å². The molecule has 0 spiro atoms. The molecule has 12 heteroatoms. The van der Waals surface area contributed by atoms with E-state index in [2.05, 4.69) is 44.0 Å². The lowest BCUT2D eigenvalue weighted by atomic mass is 9.91. The number of pyridine rings is 1. The van der Waals surface area contributed by atoms with Crippen molar-refractivity contribution in [1.29, 1.82) is 0 Å². The Morgan fingerprint density at radius 3 is 2.49 bits per heavy atom. The zero-order valence-electron chi connectivity index (χ0n) is 21.3. The van der Waals surface area contributed by atoms with Crippen molar-refractivity contribution in [1.82, 2.24) is 19.9 Å². The summed E-state index contributed by atoms with van der Waals surface area (Å²) in [5.74, 6) is -1.39. The zero-order chi connectivity index (χ0) is 27.7. The van der Waals surface area contributed by atoms with Gasteiger partial charge in [-0.15, -0.1) is 0 Å². The van der Waals surface area contributed by atoms with Crippen molar-refractivity contribution < 1.29 is 17.2 Å². The van der Waals surface area contributed by atoms with Gasteiger partial charge in [-0.2, -0.15) is 0 Å². The summed E-state index contributed by atoms with van der Waals surface area (Å²) in [5, 5.41) is 4.10. The van der Waals surface area contributed by atoms with Gasteiger partial charge in [0.2, 0.25) is 5.95 Å². The molecule has 8 nitrogen and oxygen atoms in total. The predicted octanol–water partition coefficient (Wildman–Crippen LogP) is 5.71. The lowest BCUT2D eigenvalue weighted by molar-refractivity contribution is 0.221. The summed E-state index contributed by atoms with van der Waals surface area (Å²) in [4.78, 5) is 14.7. The molecular formula is C27H27ClF2N6O2S. The summed E-state index contributed by atoms with van der Waals surface area (Å²) in [6.45, 7) is 0. The molecule has 0 unspecified atom stereocenters. The number of aromatic nitrogens is 3. The Bertz CT molecular complexity index is 1630. The first-order chi connectivity index (χ1) is 18.6. The summed E-state index contributed by atoms with van der Waals surface area (Å²) < 4.78 is 58.0. The minimum Gasteiger partial charge on any atom is -0.351 e. The molecule has 0 aliphatic heterocycles. The van der Waals surface area contributed by atoms with Crippen molar-refractivity contribution in [2.75, 3.05) is 24.1 Å². The Morgan fingerprint density at radius 1 is 1.00 bits per heavy atom. The molecule has 2 heterocycles. The molecule has 0 amide bonds. The number of rotatable bonds is 7. The molecule has 4 aromatic rings. The van der Waals surface area contributed by atoms with Gasteiger partial charge in [0.25, 0.3) is 10.0 Å². The fraction of sp³-hybridized carbons (Fsp3) is 0.296. The summed E-state index contributed by atoms with van der Waals surface area (Å²) in [5.41, 5.74) is 0.0473. The van der Waals surface area contributed by atoms with Gasteiger partial charge in [0, 0.05) is 36.1 Å². The molecule has 0 bridgehead atoms. The van der Waals surface area contributed by atoms with Gasteiger partial charge in [-0.1, -0.05) is 17.7 Å². The van der Waals surface area contributed by atoms with Crippen LogP contribution in [0.1, 0.15) is 25.7 Å². The zero-order valence-corrected chi connectivity index (χ0v) is 22.9. The molecule has 1 aliphatic carbocycles. The highest BCUT2D eigenvalue weighted by atomic mass is 35.5. The van der Waals surface area contributed by atoms with E-state index in [-0.39, 0.29) is 27.1 Å². The van der Waals surface area contributed by atoms with Gasteiger partial charge < -0.3 is 10.2 Å². The highest BCUT2D eigenvalue weighted by Gasteiger charge is 2.24. The molecule has 39 heavy (non-hydrogen) atoms. The van der Waals surface area contributed by atoms with Crippen molar-refractivity contribution in [2.45, 2.75) is 42.7 Å². The van der Waals surface area contributed by atoms with Crippen molar-refractivity contribution >= 4 is 44.2 Å². The Kier molecular flexibility index (Phi) is 7.66. The molecule has 5 rings (SSSR count). The van der Waals surface area contributed by atoms with Gasteiger partial charge in [-0.25, -0.2) is 27.2 Å². The smallest absolute Gasteiger partial charge is 0.263 e. The number of fused-ring (bicyclic) bond motifs is 1. The number of anilines is 2. The molecule has 0 radical (unpaired) electrons. The molecule has 0 atom stereocenters. The second kappa shape index (κ2) is 11.0. The second-order valence-electron chi connectivity index (χ2n) is 9.81. The van der Waals surface area contributed by atoms with Crippen LogP contribution in [0.2, 0.25) is 5.02 Å². The highest BCUT2D eigenvalue weighted by Crippen LogP contribution is 2.33. The van der Waals surface area contributed by atoms with Gasteiger partial charge in [0.1, 0.15) is 10.7 Å². The molecule has 1 saturated carbocycles. The van der Waals surface area contributed by atoms with Crippen molar-refractivity contribution in [3.05, 3.63) is 71.6 Å². The first-order valence-electron chi connectivity index (χ1n) is 12.4. The van der Waals surface area contributed by atoms with Gasteiger partial charge in [-0.05, 0) is 75.7 Å². The van der Waals surface area contributed by atoms with Gasteiger partial charge in [0.15, 0.2) is 5.82 Å². The van der Waals surface area contributed by atoms with E-state index in [9.17, 15) is 12.8 Å². The van der Waals surface area contributed by atoms with E-state index in [1.807, 2.05) is 0 Å². The van der Waals surface area contributed by atoms with Crippen molar-refractivity contribution in [3.8, 4) is 11.1 Å². The van der Waals surface area contributed by atoms with E-state index in [0.29, 0.717) is 22.9 Å². The molecule has 204 valence electrons. The molecule has 2 aromatic heterocycles. The van der Waals surface area contributed by atoms with Crippen molar-refractivity contribution in [3.63, 3.8) is 0 Å². The average Bonchev–Trinajstić information content (AvgIpc) is 2.91. The van der Waals surface area contributed by atoms with Crippen LogP contribution >= 0.6 is 11.6 Å². The van der Waals surface area contributed by atoms with Crippen LogP contribution in [0.4, 0.5) is 20.4 Å². The number of hydrogen-bond acceptors (Lipinski definition) is 7. The van der Waals surface area contributed by atoms with E-state index in [0.717, 1.165) is 44.0 Å². The van der Waals surface area contributed by atoms with Gasteiger partial charge in [-0.3, -0.25) is 9.71 Å². The number of nitrogens with zero attached hydrogens (tertiary/aromatic N) is 4. The van der Waals surface area contributed by atoms with Crippen LogP contribution in [-0.2, 0) is 10.0 Å². The first-order valence-corrected chi connectivity index (χ1v) is 14.3. The quantitative estimate of drug-likeness (QED) is 0.293. The number of hydrogen-bond donors (Lipinski definition) is 2. The molecule has 2 aromatic carbocycles. The monoisotopic (exact) mass is 572 g/mol. The molecule has 1 aliphatic rings. The van der Waals surface area contributed by atoms with Crippen LogP contribution in [0.5, 0.6) is 0 Å². The number of benzene rings is 2. The normalized spacial score (nSPS) is 17.9. The first kappa shape index (κ1) is 27.2. The summed E-state index contributed by atoms with van der Waals surface area (Å²) in [6.07, 6.45) is 8.21. The second-order valence-corrected chi connectivity index (χ2v) is 11.9. The summed E-state index contributed by atoms with van der Waals surface area (Å²) in [6, 6.07) is 8.86. The van der Waals surface area contributed by atoms with Crippen LogP contribution in [0.15, 0.2) is 59.9 Å². The third-order valence-corrected chi connectivity index (χ3v) is 8.49. The summed E-state index contributed by atoms with van der Waals surface area (Å²) >= 11 is 5.84. The third kappa shape index (κ3) is 5.95. The van der Waals surface area contributed by atoms with E-state index in [1.165, 1.54) is 12.3 Å². The minimum absolute atomic E-state index is 0.103. The number of halogens is 3. The fourth-order valence-corrected chi connectivity index (χ4v) is 6.10. The molecule has 2 N–H and O–H groups in total. The topological polar surface area (TPSA) is 100 Å². The van der Waals surface area contributed by atoms with Crippen molar-refractivity contribution in [2.24, 2.45) is 0 Å². The van der Waals surface area contributed by atoms with E-state index in [4.69, 9.17) is 11.6 Å². The predicted molar refractivity (Wildman–Crippen MR) is 148 cm³/mol. The number of sulfonamides is 1. The van der Waals surface area contributed by atoms with E-state index in [1.54, 1.807) is 24.4 Å². The Morgan fingerprint density at radius 2 is 1.77 bits per heavy atom. The standard InChI is InChI=1S/C27H27ClF2N6O2S/c1-36(2)20-6-4-19(5-7-20)33-27-32-13-17-11-16(3-9-23(17)34-27)25-22(29)8-10-24(26(25)30)35-39(37,38)21-12-18(28)14-31-15-21/h3,8-15,19-20,35H,4-7H2,1-2H3,(H,32,33,34). The molecule has 1 fully saturated rings. The maximum atomic E-state index is 15.5. The third-order valence-electron chi connectivity index (χ3n) is 6.95. The van der Waals surface area contributed by atoms with Gasteiger partial charge in [0.05, 0.1) is 21.8 Å². The Labute approximate surface area is 230 Å². The SMILES string of the molecule is CN(C)C1CCC(Nc2ncc3cc(-c4c(F)ccc(NS(=O)(=O)c5cncc(Cl)c5)c4F)ccc3n2)CC1. The van der Waals surface area contributed by atoms with Gasteiger partial charge >= 0.3 is 0 Å². The van der Waals surface area contributed by atoms with Crippen LogP contribution < -0.4 is 10.0 Å². The molecular weight excluding hydrogens is 546 g/mol. The lowest BCUT2D eigenvalue weighted by Crippen LogP contribution is -2.36. The largest absolute Gasteiger partial charge is 0.351 e. The lowest BCUT2D eigenvalue weighted by Gasteiger charge is -2.32. The van der Waals surface area contributed by atoms with Crippen LogP contribution in [0.25, 0.3) is 22.0 Å².